The number of ether oxygens (including phenoxy) is 1. The Balaban J connectivity index is 0.000000177. The molecule has 4 aliphatic heterocycles. The maximum Gasteiger partial charge on any atom is 0.410 e. The van der Waals surface area contributed by atoms with Gasteiger partial charge in [-0.15, -0.1) is 45.3 Å². The number of hydrogen-bond acceptors (Lipinski definition) is 25. The van der Waals surface area contributed by atoms with Gasteiger partial charge in [-0.3, -0.25) is 77.6 Å². The average molecular weight is 1820 g/mol. The number of benzene rings is 4. The van der Waals surface area contributed by atoms with Gasteiger partial charge >= 0.3 is 6.09 Å². The Morgan fingerprint density at radius 1 is 0.425 bits per heavy atom. The summed E-state index contributed by atoms with van der Waals surface area (Å²) < 4.78 is 8.40. The number of nitrogens with one attached hydrogen (secondary N) is 4. The molecule has 5 aliphatic rings. The Morgan fingerprint density at radius 2 is 0.764 bits per heavy atom. The molecular weight excluding hydrogens is 1710 g/mol. The van der Waals surface area contributed by atoms with Crippen molar-refractivity contribution in [2.45, 2.75) is 192 Å². The van der Waals surface area contributed by atoms with Crippen LogP contribution in [0, 0.1) is 17.8 Å². The molecule has 10 atom stereocenters. The van der Waals surface area contributed by atoms with Crippen molar-refractivity contribution in [2.75, 3.05) is 59.5 Å². The number of methoxy groups -OCH3 is 1. The smallest absolute Gasteiger partial charge is 0.410 e. The quantitative estimate of drug-likeness (QED) is 0.00971. The number of fused-ring (bicyclic) bond motifs is 5. The summed E-state index contributed by atoms with van der Waals surface area (Å²) in [4.78, 5) is 194. The first-order valence-electron chi connectivity index (χ1n) is 42.6. The van der Waals surface area contributed by atoms with Crippen LogP contribution in [0.5, 0.6) is 0 Å². The van der Waals surface area contributed by atoms with E-state index in [0.29, 0.717) is 162 Å². The van der Waals surface area contributed by atoms with Gasteiger partial charge in [-0.25, -0.2) is 24.7 Å². The number of ketones is 4. The van der Waals surface area contributed by atoms with Gasteiger partial charge in [-0.2, -0.15) is 0 Å². The fraction of sp³-hybridized carbons (Fsp3) is 0.488. The van der Waals surface area contributed by atoms with Gasteiger partial charge in [-0.1, -0.05) is 75.2 Å². The number of para-hydroxylation sites is 4. The number of carbonyl (C=O) groups is 12. The highest BCUT2D eigenvalue weighted by Crippen LogP contribution is 2.40. The number of nitrogens with zero attached hydrogens (tertiary/aromatic N) is 12. The fourth-order valence-electron chi connectivity index (χ4n) is 16.1. The van der Waals surface area contributed by atoms with E-state index in [1.165, 1.54) is 71.2 Å². The summed E-state index contributed by atoms with van der Waals surface area (Å²) >= 11 is 5.21. The van der Waals surface area contributed by atoms with E-state index in [0.717, 1.165) is 73.0 Å². The molecule has 4 saturated heterocycles. The number of nitrogens with two attached hydrogens (primary N) is 8. The van der Waals surface area contributed by atoms with Crippen LogP contribution in [-0.4, -0.2) is 242 Å². The first kappa shape index (κ1) is 97.0. The second-order valence-electron chi connectivity index (χ2n) is 31.9. The van der Waals surface area contributed by atoms with Crippen LogP contribution in [0.1, 0.15) is 182 Å². The topological polar surface area (TPSA) is 584 Å². The Hall–Kier alpha value is -12.2. The Labute approximate surface area is 751 Å². The summed E-state index contributed by atoms with van der Waals surface area (Å²) in [6.07, 6.45) is 10.9. The molecule has 41 heteroatoms. The molecule has 127 heavy (non-hydrogen) atoms. The van der Waals surface area contributed by atoms with Crippen molar-refractivity contribution in [1.29, 1.82) is 0 Å². The van der Waals surface area contributed by atoms with Crippen molar-refractivity contribution in [3.05, 3.63) is 117 Å². The molecule has 1 aliphatic carbocycles. The van der Waals surface area contributed by atoms with Crippen LogP contribution in [0.4, 0.5) is 4.79 Å². The van der Waals surface area contributed by atoms with Gasteiger partial charge in [-0.05, 0) is 157 Å². The normalized spacial score (nSPS) is 18.4. The lowest BCUT2D eigenvalue weighted by Crippen LogP contribution is -2.52. The van der Waals surface area contributed by atoms with E-state index < -0.39 is 48.4 Å². The molecule has 8 amide bonds. The van der Waals surface area contributed by atoms with Crippen molar-refractivity contribution in [1.82, 2.24) is 60.8 Å². The van der Waals surface area contributed by atoms with E-state index in [2.05, 4.69) is 61.2 Å². The number of guanidine groups is 4. The van der Waals surface area contributed by atoms with E-state index >= 15 is 0 Å². The lowest BCUT2D eigenvalue weighted by atomic mass is 9.84. The van der Waals surface area contributed by atoms with E-state index in [4.69, 9.17) is 50.6 Å². The number of likely N-dealkylation sites (tertiary alicyclic amines) is 4. The summed E-state index contributed by atoms with van der Waals surface area (Å²) in [6, 6.07) is 25.3. The van der Waals surface area contributed by atoms with E-state index in [1.807, 2.05) is 111 Å². The molecule has 8 aromatic rings. The highest BCUT2D eigenvalue weighted by molar-refractivity contribution is 7.21. The molecular formula is C86H114N24O13S4. The number of rotatable bonds is 33. The first-order valence-corrected chi connectivity index (χ1v) is 45.9. The van der Waals surface area contributed by atoms with Crippen molar-refractivity contribution in [3.8, 4) is 0 Å². The number of Topliss-reactive ketones (excluding diaryl/α,β-unsaturated/α-hetero) is 4. The molecule has 4 aromatic heterocycles. The zero-order chi connectivity index (χ0) is 91.5. The lowest BCUT2D eigenvalue weighted by Gasteiger charge is -2.33. The molecule has 0 bridgehead atoms. The van der Waals surface area contributed by atoms with Gasteiger partial charge < -0.3 is 86.6 Å². The zero-order valence-electron chi connectivity index (χ0n) is 71.9. The van der Waals surface area contributed by atoms with E-state index in [-0.39, 0.29) is 106 Å². The molecule has 680 valence electrons. The Kier molecular flexibility index (Phi) is 35.7. The van der Waals surface area contributed by atoms with Gasteiger partial charge in [0.25, 0.3) is 0 Å². The number of aromatic nitrogens is 4. The van der Waals surface area contributed by atoms with Crippen molar-refractivity contribution >= 4 is 181 Å². The number of amides is 8. The summed E-state index contributed by atoms with van der Waals surface area (Å²) in [5.74, 6) is -2.60. The third-order valence-electron chi connectivity index (χ3n) is 22.4. The zero-order valence-corrected chi connectivity index (χ0v) is 75.2. The van der Waals surface area contributed by atoms with E-state index in [1.54, 1.807) is 14.7 Å². The molecule has 6 unspecified atom stereocenters. The van der Waals surface area contributed by atoms with Crippen molar-refractivity contribution in [2.24, 2.45) is 83.6 Å². The molecule has 4 aromatic carbocycles. The van der Waals surface area contributed by atoms with Gasteiger partial charge in [0.05, 0.1) is 78.1 Å². The van der Waals surface area contributed by atoms with Crippen LogP contribution in [0.3, 0.4) is 0 Å². The molecule has 8 heterocycles. The largest absolute Gasteiger partial charge is 0.453 e. The van der Waals surface area contributed by atoms with Crippen molar-refractivity contribution < 1.29 is 62.3 Å². The Bertz CT molecular complexity index is 5230. The molecule has 37 nitrogen and oxygen atoms in total. The van der Waals surface area contributed by atoms with Crippen LogP contribution in [0.2, 0.25) is 0 Å². The fourth-order valence-corrected chi connectivity index (χ4v) is 19.9. The van der Waals surface area contributed by atoms with Crippen LogP contribution in [-0.2, 0) is 38.3 Å². The molecule has 1 saturated carbocycles. The van der Waals surface area contributed by atoms with Gasteiger partial charge in [0, 0.05) is 78.2 Å². The number of aliphatic imine (C=N–C) groups is 4. The Morgan fingerprint density at radius 3 is 1.09 bits per heavy atom. The minimum absolute atomic E-state index is 0.0104. The maximum atomic E-state index is 13.4. The highest BCUT2D eigenvalue weighted by Gasteiger charge is 2.48. The molecule has 0 radical (unpaired) electrons. The second-order valence-corrected chi connectivity index (χ2v) is 36.0. The minimum atomic E-state index is -0.803. The second kappa shape index (κ2) is 46.8. The predicted octanol–water partition coefficient (Wildman–Crippen LogP) is 6.00. The summed E-state index contributed by atoms with van der Waals surface area (Å²) in [7, 11) is 1.28. The molecule has 5 fully saturated rings. The van der Waals surface area contributed by atoms with E-state index in [9.17, 15) is 57.5 Å². The molecule has 0 spiro atoms. The predicted molar refractivity (Wildman–Crippen MR) is 492 cm³/mol. The monoisotopic (exact) mass is 1820 g/mol. The van der Waals surface area contributed by atoms with Crippen LogP contribution >= 0.6 is 45.3 Å². The summed E-state index contributed by atoms with van der Waals surface area (Å²) in [5.41, 5.74) is 46.0. The van der Waals surface area contributed by atoms with Crippen molar-refractivity contribution in [3.63, 3.8) is 0 Å². The minimum Gasteiger partial charge on any atom is -0.453 e. The highest BCUT2D eigenvalue weighted by atomic mass is 32.1. The number of hydrogen-bond donors (Lipinski definition) is 12. The number of thiazole rings is 4. The molecule has 13 rings (SSSR count). The van der Waals surface area contributed by atoms with Gasteiger partial charge in [0.15, 0.2) is 43.9 Å². The number of carbonyl (C=O) groups excluding carboxylic acids is 12. The van der Waals surface area contributed by atoms with Gasteiger partial charge in [0.1, 0.15) is 18.1 Å². The summed E-state index contributed by atoms with van der Waals surface area (Å²) in [6.45, 7) is 9.96. The lowest BCUT2D eigenvalue weighted by molar-refractivity contribution is -0.140. The standard InChI is InChI=1S/C24H32N6O3S.C22H30N6O3S.C20H26N6O4S.C20H26N6O3S/c1-14(31)30-18-10-4-2-7-15(18)13-19(30)22(33)28-17(9-6-12-27-24(25)26)21(32)23-29-16-8-3-5-11-20(16)34-23;1-13(2)21(31)28-12-6-9-16(28)19(30)26-15(8-5-11-25-22(23)24)18(29)20-27-14-7-3-4-10-17(14)32-20;1-30-20(29)26-11-5-8-14(26)17(28)24-13(7-4-10-23-19(21)22)16(27)18-25-12-6-2-3-9-15(12)31-18;1-12(27)26-10-8-13(11-26)18(29)24-15(6-4-9-23-20(21)22)17(28)19-25-14-5-2-3-7-16(14)30-19/h3,5,8,11,15,17-19H,2,4,6-7,9-10,12-13H2,1H3,(H,28,33)(H4,25,26,27);3-4,7,10,13,15-16H,5-6,8-9,11-12H2,1-2H3,(H,26,30)(H4,23,24,25);2-3,6,9,13-14H,4-5,7-8,10-11H2,1H3,(H,24,28)(H4,21,22,23);2-3,5,7,13,15H,4,6,8-11H2,1H3,(H,24,29)(H4,21,22,23)/t15?,17?,18?,19-;15?,16-;13?,14-;13-,15?/m0001/s1. The van der Waals surface area contributed by atoms with Crippen LogP contribution in [0.25, 0.3) is 40.9 Å². The van der Waals surface area contributed by atoms with Gasteiger partial charge in [0.2, 0.25) is 64.5 Å². The first-order chi connectivity index (χ1) is 60.9. The molecule has 20 N–H and O–H groups in total. The van der Waals surface area contributed by atoms with Crippen LogP contribution in [0.15, 0.2) is 117 Å². The summed E-state index contributed by atoms with van der Waals surface area (Å²) in [5, 5.41) is 12.9. The third kappa shape index (κ3) is 26.9. The maximum absolute atomic E-state index is 13.4. The third-order valence-corrected chi connectivity index (χ3v) is 26.6. The SMILES string of the molecule is CC(=O)N1C2CCCCC2C[C@H]1C(=O)NC(CCCN=C(N)N)C(=O)c1nc2ccccc2s1.CC(=O)N1CC[C@@H](C(=O)NC(CCCN=C(N)N)C(=O)c2nc3ccccc3s2)C1.CC(C)C(=O)N1CCC[C@H]1C(=O)NC(CCCN=C(N)N)C(=O)c1nc2ccccc2s1.COC(=O)N1CCC[C@H]1C(=O)NC(CCCN=C(N)N)C(=O)c1nc2ccccc2s1. The van der Waals surface area contributed by atoms with Crippen LogP contribution < -0.4 is 67.1 Å². The average Bonchev–Trinajstić information content (AvgIpc) is 1.63.